The Kier molecular flexibility index (Phi) is 2.98. The molecule has 0 spiro atoms. The van der Waals surface area contributed by atoms with Crippen molar-refractivity contribution in [1.82, 2.24) is 14.3 Å². The molecule has 0 saturated carbocycles. The standard InChI is InChI=1S/C9H13F3N4O/c10-9(11,12)6(5-13)16-8(17)15-4-2-1-3-7(15)14-16/h6H,1-5,13H2. The zero-order valence-corrected chi connectivity index (χ0v) is 9.07. The van der Waals surface area contributed by atoms with Crippen LogP contribution in [-0.4, -0.2) is 27.1 Å². The zero-order chi connectivity index (χ0) is 12.6. The number of alkyl halides is 3. The molecule has 2 N–H and O–H groups in total. The van der Waals surface area contributed by atoms with Crippen molar-refractivity contribution < 1.29 is 13.2 Å². The van der Waals surface area contributed by atoms with Gasteiger partial charge in [0.2, 0.25) is 0 Å². The van der Waals surface area contributed by atoms with Gasteiger partial charge in [0.1, 0.15) is 5.82 Å². The molecule has 8 heteroatoms. The van der Waals surface area contributed by atoms with Crippen LogP contribution in [0.3, 0.4) is 0 Å². The van der Waals surface area contributed by atoms with Crippen molar-refractivity contribution in [2.75, 3.05) is 6.54 Å². The Morgan fingerprint density at radius 1 is 1.41 bits per heavy atom. The van der Waals surface area contributed by atoms with Crippen LogP contribution in [0.5, 0.6) is 0 Å². The first-order valence-corrected chi connectivity index (χ1v) is 5.40. The Morgan fingerprint density at radius 2 is 2.12 bits per heavy atom. The fraction of sp³-hybridized carbons (Fsp3) is 0.778. The van der Waals surface area contributed by atoms with Crippen molar-refractivity contribution in [3.8, 4) is 0 Å². The van der Waals surface area contributed by atoms with Gasteiger partial charge in [0, 0.05) is 19.5 Å². The normalized spacial score (nSPS) is 17.9. The predicted octanol–water partition coefficient (Wildman–Crippen LogP) is 0.443. The van der Waals surface area contributed by atoms with Crippen LogP contribution in [0, 0.1) is 0 Å². The number of nitrogens with two attached hydrogens (primary N) is 1. The summed E-state index contributed by atoms with van der Waals surface area (Å²) in [6.07, 6.45) is -2.38. The van der Waals surface area contributed by atoms with Crippen molar-refractivity contribution in [2.24, 2.45) is 5.73 Å². The highest BCUT2D eigenvalue weighted by Gasteiger charge is 2.42. The van der Waals surface area contributed by atoms with Crippen molar-refractivity contribution in [2.45, 2.75) is 38.0 Å². The Morgan fingerprint density at radius 3 is 2.65 bits per heavy atom. The lowest BCUT2D eigenvalue weighted by molar-refractivity contribution is -0.168. The topological polar surface area (TPSA) is 65.8 Å². The number of hydrogen-bond donors (Lipinski definition) is 1. The lowest BCUT2D eigenvalue weighted by atomic mass is 10.2. The highest BCUT2D eigenvalue weighted by Crippen LogP contribution is 2.28. The largest absolute Gasteiger partial charge is 0.412 e. The Balaban J connectivity index is 2.45. The van der Waals surface area contributed by atoms with E-state index < -0.39 is 24.5 Å². The van der Waals surface area contributed by atoms with E-state index in [1.165, 1.54) is 4.57 Å². The summed E-state index contributed by atoms with van der Waals surface area (Å²) in [5.41, 5.74) is 4.37. The minimum absolute atomic E-state index is 0.420. The smallest absolute Gasteiger partial charge is 0.328 e. The molecule has 0 fully saturated rings. The first-order chi connectivity index (χ1) is 7.95. The van der Waals surface area contributed by atoms with Crippen LogP contribution in [0.2, 0.25) is 0 Å². The number of halogens is 3. The van der Waals surface area contributed by atoms with Gasteiger partial charge in [-0.05, 0) is 12.8 Å². The molecule has 2 rings (SSSR count). The third-order valence-electron chi connectivity index (χ3n) is 2.89. The van der Waals surface area contributed by atoms with E-state index in [1.807, 2.05) is 0 Å². The highest BCUT2D eigenvalue weighted by molar-refractivity contribution is 4.93. The fourth-order valence-electron chi connectivity index (χ4n) is 1.99. The fourth-order valence-corrected chi connectivity index (χ4v) is 1.99. The van der Waals surface area contributed by atoms with Crippen molar-refractivity contribution >= 4 is 0 Å². The number of aryl methyl sites for hydroxylation is 1. The van der Waals surface area contributed by atoms with Crippen LogP contribution < -0.4 is 11.4 Å². The van der Waals surface area contributed by atoms with Crippen LogP contribution in [0.4, 0.5) is 13.2 Å². The Bertz CT molecular complexity index is 462. The molecule has 0 radical (unpaired) electrons. The first-order valence-electron chi connectivity index (χ1n) is 5.40. The van der Waals surface area contributed by atoms with Gasteiger partial charge in [-0.1, -0.05) is 0 Å². The summed E-state index contributed by atoms with van der Waals surface area (Å²) in [4.78, 5) is 11.8. The molecule has 2 heterocycles. The third-order valence-corrected chi connectivity index (χ3v) is 2.89. The summed E-state index contributed by atoms with van der Waals surface area (Å²) in [5.74, 6) is 0.420. The molecule has 1 atom stereocenters. The molecule has 0 aliphatic carbocycles. The molecule has 0 bridgehead atoms. The van der Waals surface area contributed by atoms with E-state index in [4.69, 9.17) is 5.73 Å². The predicted molar refractivity (Wildman–Crippen MR) is 53.6 cm³/mol. The second-order valence-corrected chi connectivity index (χ2v) is 4.05. The molecule has 0 aromatic carbocycles. The third kappa shape index (κ3) is 2.08. The van der Waals surface area contributed by atoms with Gasteiger partial charge in [-0.2, -0.15) is 23.0 Å². The van der Waals surface area contributed by atoms with Gasteiger partial charge in [-0.25, -0.2) is 4.79 Å². The van der Waals surface area contributed by atoms with Crippen LogP contribution in [0.1, 0.15) is 24.7 Å². The van der Waals surface area contributed by atoms with Gasteiger partial charge in [0.25, 0.3) is 0 Å². The molecule has 0 amide bonds. The molecule has 0 saturated heterocycles. The van der Waals surface area contributed by atoms with Crippen LogP contribution >= 0.6 is 0 Å². The Labute approximate surface area is 95.0 Å². The van der Waals surface area contributed by atoms with Gasteiger partial charge in [-0.15, -0.1) is 0 Å². The maximum absolute atomic E-state index is 12.7. The van der Waals surface area contributed by atoms with Crippen molar-refractivity contribution in [3.05, 3.63) is 16.3 Å². The second kappa shape index (κ2) is 4.17. The van der Waals surface area contributed by atoms with E-state index in [0.29, 0.717) is 23.5 Å². The molecule has 96 valence electrons. The van der Waals surface area contributed by atoms with E-state index in [2.05, 4.69) is 5.10 Å². The van der Waals surface area contributed by atoms with E-state index in [9.17, 15) is 18.0 Å². The van der Waals surface area contributed by atoms with Gasteiger partial charge in [-0.3, -0.25) is 4.57 Å². The summed E-state index contributed by atoms with van der Waals surface area (Å²) < 4.78 is 39.8. The van der Waals surface area contributed by atoms with Crippen molar-refractivity contribution in [1.29, 1.82) is 0 Å². The van der Waals surface area contributed by atoms with Gasteiger partial charge in [0.05, 0.1) is 0 Å². The molecule has 17 heavy (non-hydrogen) atoms. The van der Waals surface area contributed by atoms with Crippen LogP contribution in [0.15, 0.2) is 4.79 Å². The minimum Gasteiger partial charge on any atom is -0.328 e. The number of fused-ring (bicyclic) bond motifs is 1. The van der Waals surface area contributed by atoms with E-state index in [0.717, 1.165) is 12.8 Å². The average Bonchev–Trinajstić information content (AvgIpc) is 2.56. The average molecular weight is 250 g/mol. The molecule has 1 aromatic rings. The van der Waals surface area contributed by atoms with Gasteiger partial charge >= 0.3 is 11.9 Å². The maximum Gasteiger partial charge on any atom is 0.412 e. The molecule has 1 aromatic heterocycles. The number of aromatic nitrogens is 3. The molecule has 5 nitrogen and oxygen atoms in total. The molecular formula is C9H13F3N4O. The molecule has 1 unspecified atom stereocenters. The molecule has 1 aliphatic rings. The number of rotatable bonds is 2. The maximum atomic E-state index is 12.7. The lowest BCUT2D eigenvalue weighted by Crippen LogP contribution is -2.40. The lowest BCUT2D eigenvalue weighted by Gasteiger charge is -2.17. The van der Waals surface area contributed by atoms with E-state index in [1.54, 1.807) is 0 Å². The second-order valence-electron chi connectivity index (χ2n) is 4.05. The van der Waals surface area contributed by atoms with Crippen LogP contribution in [-0.2, 0) is 13.0 Å². The SMILES string of the molecule is NCC(n1nc2n(c1=O)CCCC2)C(F)(F)F. The van der Waals surface area contributed by atoms with Crippen LogP contribution in [0.25, 0.3) is 0 Å². The summed E-state index contributed by atoms with van der Waals surface area (Å²) in [7, 11) is 0. The summed E-state index contributed by atoms with van der Waals surface area (Å²) in [5, 5.41) is 3.76. The first kappa shape index (κ1) is 12.2. The summed E-state index contributed by atoms with van der Waals surface area (Å²) in [6.45, 7) is -0.247. The highest BCUT2D eigenvalue weighted by atomic mass is 19.4. The number of hydrogen-bond acceptors (Lipinski definition) is 3. The van der Waals surface area contributed by atoms with E-state index >= 15 is 0 Å². The molecular weight excluding hydrogens is 237 g/mol. The Hall–Kier alpha value is -1.31. The quantitative estimate of drug-likeness (QED) is 0.828. The van der Waals surface area contributed by atoms with Crippen molar-refractivity contribution in [3.63, 3.8) is 0 Å². The van der Waals surface area contributed by atoms with E-state index in [-0.39, 0.29) is 0 Å². The van der Waals surface area contributed by atoms with Gasteiger partial charge < -0.3 is 5.73 Å². The monoisotopic (exact) mass is 250 g/mol. The number of nitrogens with zero attached hydrogens (tertiary/aromatic N) is 3. The molecule has 1 aliphatic heterocycles. The summed E-state index contributed by atoms with van der Waals surface area (Å²) in [6, 6.07) is -2.03. The summed E-state index contributed by atoms with van der Waals surface area (Å²) >= 11 is 0. The minimum atomic E-state index is -4.55. The zero-order valence-electron chi connectivity index (χ0n) is 9.07. The van der Waals surface area contributed by atoms with Gasteiger partial charge in [0.15, 0.2) is 6.04 Å².